The predicted octanol–water partition coefficient (Wildman–Crippen LogP) is 1.69. The minimum atomic E-state index is -3.46. The van der Waals surface area contributed by atoms with Crippen LogP contribution < -0.4 is 10.0 Å². The summed E-state index contributed by atoms with van der Waals surface area (Å²) in [4.78, 5) is 1.32. The van der Waals surface area contributed by atoms with E-state index in [9.17, 15) is 8.42 Å². The molecule has 0 aromatic carbocycles. The largest absolute Gasteiger partial charge is 0.381 e. The van der Waals surface area contributed by atoms with Crippen molar-refractivity contribution in [2.45, 2.75) is 30.3 Å². The van der Waals surface area contributed by atoms with Gasteiger partial charge in [0.1, 0.15) is 4.90 Å². The van der Waals surface area contributed by atoms with Gasteiger partial charge in [-0.15, -0.1) is 11.3 Å². The van der Waals surface area contributed by atoms with Crippen LogP contribution >= 0.6 is 27.3 Å². The SMILES string of the molecule is CNCc1cc(S(=O)(=O)NC2CCOCC2)c(Br)s1. The van der Waals surface area contributed by atoms with Crippen LogP contribution in [0.3, 0.4) is 0 Å². The van der Waals surface area contributed by atoms with E-state index in [4.69, 9.17) is 4.74 Å². The molecule has 0 bridgehead atoms. The molecular weight excluding hydrogens is 352 g/mol. The van der Waals surface area contributed by atoms with E-state index in [1.165, 1.54) is 11.3 Å². The predicted molar refractivity (Wildman–Crippen MR) is 78.9 cm³/mol. The van der Waals surface area contributed by atoms with Crippen LogP contribution in [0.2, 0.25) is 0 Å². The zero-order valence-corrected chi connectivity index (χ0v) is 13.8. The molecule has 108 valence electrons. The second-order valence-corrected chi connectivity index (χ2v) is 8.53. The first-order valence-electron chi connectivity index (χ1n) is 6.06. The molecule has 1 fully saturated rings. The minimum Gasteiger partial charge on any atom is -0.381 e. The van der Waals surface area contributed by atoms with Gasteiger partial charge in [-0.3, -0.25) is 0 Å². The standard InChI is InChI=1S/C11H17BrN2O3S2/c1-13-7-9-6-10(11(12)18-9)19(15,16)14-8-2-4-17-5-3-8/h6,8,13-14H,2-5,7H2,1H3. The zero-order chi connectivity index (χ0) is 13.9. The molecule has 0 atom stereocenters. The lowest BCUT2D eigenvalue weighted by atomic mass is 10.1. The Morgan fingerprint density at radius 1 is 1.47 bits per heavy atom. The van der Waals surface area contributed by atoms with Gasteiger partial charge in [0.05, 0.1) is 3.79 Å². The fourth-order valence-electron chi connectivity index (χ4n) is 1.94. The van der Waals surface area contributed by atoms with Crippen molar-refractivity contribution in [3.8, 4) is 0 Å². The van der Waals surface area contributed by atoms with Crippen LogP contribution in [-0.2, 0) is 21.3 Å². The third-order valence-electron chi connectivity index (χ3n) is 2.89. The molecule has 2 N–H and O–H groups in total. The first-order chi connectivity index (χ1) is 9.03. The van der Waals surface area contributed by atoms with Gasteiger partial charge in [-0.2, -0.15) is 0 Å². The van der Waals surface area contributed by atoms with Gasteiger partial charge in [-0.25, -0.2) is 13.1 Å². The van der Waals surface area contributed by atoms with Gasteiger partial charge >= 0.3 is 0 Å². The van der Waals surface area contributed by atoms with Crippen LogP contribution in [0.15, 0.2) is 14.7 Å². The Kier molecular flexibility index (Phi) is 5.38. The van der Waals surface area contributed by atoms with Crippen molar-refractivity contribution in [3.63, 3.8) is 0 Å². The van der Waals surface area contributed by atoms with E-state index in [-0.39, 0.29) is 6.04 Å². The molecule has 1 aliphatic heterocycles. The van der Waals surface area contributed by atoms with Crippen LogP contribution in [0.4, 0.5) is 0 Å². The summed E-state index contributed by atoms with van der Waals surface area (Å²) in [5.41, 5.74) is 0. The molecule has 0 aliphatic carbocycles. The van der Waals surface area contributed by atoms with E-state index in [1.54, 1.807) is 6.07 Å². The van der Waals surface area contributed by atoms with Crippen LogP contribution in [0.25, 0.3) is 0 Å². The number of hydrogen-bond donors (Lipinski definition) is 2. The number of halogens is 1. The Balaban J connectivity index is 2.14. The van der Waals surface area contributed by atoms with Gasteiger partial charge in [-0.05, 0) is 41.9 Å². The van der Waals surface area contributed by atoms with E-state index in [2.05, 4.69) is 26.0 Å². The lowest BCUT2D eigenvalue weighted by Gasteiger charge is -2.22. The average molecular weight is 369 g/mol. The fourth-order valence-corrected chi connectivity index (χ4v) is 5.94. The van der Waals surface area contributed by atoms with Crippen molar-refractivity contribution in [3.05, 3.63) is 14.7 Å². The van der Waals surface area contributed by atoms with Crippen molar-refractivity contribution < 1.29 is 13.2 Å². The van der Waals surface area contributed by atoms with Gasteiger partial charge in [0, 0.05) is 30.7 Å². The summed E-state index contributed by atoms with van der Waals surface area (Å²) < 4.78 is 33.3. The van der Waals surface area contributed by atoms with Gasteiger partial charge in [0.2, 0.25) is 10.0 Å². The van der Waals surface area contributed by atoms with Crippen LogP contribution in [0.1, 0.15) is 17.7 Å². The summed E-state index contributed by atoms with van der Waals surface area (Å²) in [7, 11) is -1.62. The highest BCUT2D eigenvalue weighted by atomic mass is 79.9. The van der Waals surface area contributed by atoms with Crippen molar-refractivity contribution in [2.24, 2.45) is 0 Å². The lowest BCUT2D eigenvalue weighted by Crippen LogP contribution is -2.38. The summed E-state index contributed by atoms with van der Waals surface area (Å²) >= 11 is 4.77. The Bertz CT molecular complexity index is 524. The quantitative estimate of drug-likeness (QED) is 0.829. The number of ether oxygens (including phenoxy) is 1. The number of nitrogens with one attached hydrogen (secondary N) is 2. The van der Waals surface area contributed by atoms with Crippen molar-refractivity contribution in [2.75, 3.05) is 20.3 Å². The fraction of sp³-hybridized carbons (Fsp3) is 0.636. The van der Waals surface area contributed by atoms with Gasteiger partial charge < -0.3 is 10.1 Å². The third-order valence-corrected chi connectivity index (χ3v) is 6.66. The Hall–Kier alpha value is 0.01000. The van der Waals surface area contributed by atoms with E-state index in [0.29, 0.717) is 28.4 Å². The Morgan fingerprint density at radius 2 is 2.16 bits per heavy atom. The summed E-state index contributed by atoms with van der Waals surface area (Å²) in [6.07, 6.45) is 1.45. The molecule has 0 unspecified atom stereocenters. The number of sulfonamides is 1. The number of rotatable bonds is 5. The van der Waals surface area contributed by atoms with Crippen LogP contribution in [0, 0.1) is 0 Å². The molecule has 0 radical (unpaired) electrons. The highest BCUT2D eigenvalue weighted by Gasteiger charge is 2.25. The molecule has 8 heteroatoms. The number of thiophene rings is 1. The van der Waals surface area contributed by atoms with E-state index in [0.717, 1.165) is 17.7 Å². The van der Waals surface area contributed by atoms with Gasteiger partial charge in [0.15, 0.2) is 0 Å². The number of hydrogen-bond acceptors (Lipinski definition) is 5. The maximum absolute atomic E-state index is 12.3. The lowest BCUT2D eigenvalue weighted by molar-refractivity contribution is 0.0832. The molecule has 19 heavy (non-hydrogen) atoms. The maximum atomic E-state index is 12.3. The third kappa shape index (κ3) is 3.99. The maximum Gasteiger partial charge on any atom is 0.242 e. The molecule has 2 rings (SSSR count). The molecular formula is C11H17BrN2O3S2. The Morgan fingerprint density at radius 3 is 2.79 bits per heavy atom. The van der Waals surface area contributed by atoms with E-state index in [1.807, 2.05) is 7.05 Å². The molecule has 1 aliphatic rings. The second-order valence-electron chi connectivity index (χ2n) is 4.39. The summed E-state index contributed by atoms with van der Waals surface area (Å²) in [5, 5.41) is 3.02. The minimum absolute atomic E-state index is 0.0294. The monoisotopic (exact) mass is 368 g/mol. The topological polar surface area (TPSA) is 67.4 Å². The normalized spacial score (nSPS) is 17.8. The van der Waals surface area contributed by atoms with Crippen molar-refractivity contribution in [1.82, 2.24) is 10.0 Å². The summed E-state index contributed by atoms with van der Waals surface area (Å²) in [5.74, 6) is 0. The zero-order valence-electron chi connectivity index (χ0n) is 10.6. The van der Waals surface area contributed by atoms with E-state index >= 15 is 0 Å². The average Bonchev–Trinajstić information content (AvgIpc) is 2.72. The van der Waals surface area contributed by atoms with Crippen molar-refractivity contribution >= 4 is 37.3 Å². The molecule has 5 nitrogen and oxygen atoms in total. The van der Waals surface area contributed by atoms with Gasteiger partial charge in [0.25, 0.3) is 0 Å². The molecule has 2 heterocycles. The van der Waals surface area contributed by atoms with Crippen molar-refractivity contribution in [1.29, 1.82) is 0 Å². The smallest absolute Gasteiger partial charge is 0.242 e. The summed E-state index contributed by atoms with van der Waals surface area (Å²) in [6, 6.07) is 1.69. The van der Waals surface area contributed by atoms with Crippen LogP contribution in [0.5, 0.6) is 0 Å². The Labute approximate surface area is 125 Å². The highest BCUT2D eigenvalue weighted by Crippen LogP contribution is 2.32. The molecule has 0 amide bonds. The molecule has 0 saturated carbocycles. The molecule has 1 aromatic rings. The molecule has 0 spiro atoms. The molecule has 1 aromatic heterocycles. The first kappa shape index (κ1) is 15.4. The molecule has 1 saturated heterocycles. The summed E-state index contributed by atoms with van der Waals surface area (Å²) in [6.45, 7) is 1.89. The second kappa shape index (κ2) is 6.64. The first-order valence-corrected chi connectivity index (χ1v) is 9.15. The van der Waals surface area contributed by atoms with Crippen LogP contribution in [-0.4, -0.2) is 34.7 Å². The van der Waals surface area contributed by atoms with Gasteiger partial charge in [-0.1, -0.05) is 0 Å². The van der Waals surface area contributed by atoms with E-state index < -0.39 is 10.0 Å². The highest BCUT2D eigenvalue weighted by molar-refractivity contribution is 9.11.